The van der Waals surface area contributed by atoms with Crippen LogP contribution < -0.4 is 5.32 Å². The van der Waals surface area contributed by atoms with E-state index in [0.29, 0.717) is 12.1 Å². The average molecular weight is 268 g/mol. The number of hydrogen-bond acceptors (Lipinski definition) is 3. The number of ether oxygens (including phenoxy) is 1. The van der Waals surface area contributed by atoms with E-state index in [9.17, 15) is 0 Å². The van der Waals surface area contributed by atoms with Crippen molar-refractivity contribution in [2.24, 2.45) is 5.92 Å². The highest BCUT2D eigenvalue weighted by molar-refractivity contribution is 4.84. The van der Waals surface area contributed by atoms with Gasteiger partial charge in [-0.15, -0.1) is 0 Å². The molecule has 3 atom stereocenters. The van der Waals surface area contributed by atoms with E-state index >= 15 is 0 Å². The Morgan fingerprint density at radius 2 is 2.16 bits per heavy atom. The van der Waals surface area contributed by atoms with Crippen molar-refractivity contribution in [3.63, 3.8) is 0 Å². The van der Waals surface area contributed by atoms with Crippen LogP contribution >= 0.6 is 0 Å². The van der Waals surface area contributed by atoms with Crippen LogP contribution in [0.15, 0.2) is 0 Å². The topological polar surface area (TPSA) is 24.5 Å². The van der Waals surface area contributed by atoms with Crippen LogP contribution in [0.2, 0.25) is 0 Å². The molecule has 0 aromatic heterocycles. The molecule has 2 heterocycles. The number of hydrogen-bond donors (Lipinski definition) is 1. The second-order valence-electron chi connectivity index (χ2n) is 6.58. The van der Waals surface area contributed by atoms with E-state index in [0.717, 1.165) is 25.0 Å². The van der Waals surface area contributed by atoms with Crippen molar-refractivity contribution in [3.8, 4) is 0 Å². The van der Waals surface area contributed by atoms with E-state index in [1.54, 1.807) is 0 Å². The van der Waals surface area contributed by atoms with Crippen molar-refractivity contribution in [2.75, 3.05) is 26.2 Å². The van der Waals surface area contributed by atoms with Crippen molar-refractivity contribution in [1.82, 2.24) is 10.2 Å². The molecule has 0 aliphatic carbocycles. The molecule has 0 aromatic rings. The molecule has 0 bridgehead atoms. The molecule has 2 saturated heterocycles. The summed E-state index contributed by atoms with van der Waals surface area (Å²) in [4.78, 5) is 2.75. The molecule has 1 N–H and O–H groups in total. The molecule has 112 valence electrons. The fraction of sp³-hybridized carbons (Fsp3) is 1.00. The first-order valence-electron chi connectivity index (χ1n) is 8.28. The predicted molar refractivity (Wildman–Crippen MR) is 80.5 cm³/mol. The monoisotopic (exact) mass is 268 g/mol. The van der Waals surface area contributed by atoms with E-state index in [2.05, 4.69) is 31.0 Å². The Morgan fingerprint density at radius 3 is 2.79 bits per heavy atom. The zero-order chi connectivity index (χ0) is 13.7. The third-order valence-electron chi connectivity index (χ3n) is 4.80. The summed E-state index contributed by atoms with van der Waals surface area (Å²) in [5.74, 6) is 0.846. The third-order valence-corrected chi connectivity index (χ3v) is 4.80. The minimum absolute atomic E-state index is 0.490. The normalized spacial score (nSPS) is 33.0. The van der Waals surface area contributed by atoms with Gasteiger partial charge in [0.25, 0.3) is 0 Å². The lowest BCUT2D eigenvalue weighted by atomic mass is 9.94. The summed E-state index contributed by atoms with van der Waals surface area (Å²) in [7, 11) is 0. The maximum Gasteiger partial charge on any atom is 0.0587 e. The molecule has 19 heavy (non-hydrogen) atoms. The van der Waals surface area contributed by atoms with Crippen LogP contribution in [0.3, 0.4) is 0 Å². The number of nitrogens with one attached hydrogen (secondary N) is 1. The van der Waals surface area contributed by atoms with E-state index in [-0.39, 0.29) is 0 Å². The van der Waals surface area contributed by atoms with Crippen LogP contribution in [0.25, 0.3) is 0 Å². The molecule has 0 amide bonds. The van der Waals surface area contributed by atoms with Gasteiger partial charge in [-0.25, -0.2) is 0 Å². The average Bonchev–Trinajstić information content (AvgIpc) is 2.45. The van der Waals surface area contributed by atoms with Crippen molar-refractivity contribution < 1.29 is 4.74 Å². The molecule has 2 aliphatic rings. The van der Waals surface area contributed by atoms with Gasteiger partial charge in [-0.05, 0) is 65.0 Å². The molecule has 2 fully saturated rings. The Bertz CT molecular complexity index is 251. The maximum absolute atomic E-state index is 5.84. The number of rotatable bonds is 5. The van der Waals surface area contributed by atoms with Gasteiger partial charge in [-0.3, -0.25) is 4.90 Å². The Labute approximate surface area is 119 Å². The highest BCUT2D eigenvalue weighted by Crippen LogP contribution is 2.25. The van der Waals surface area contributed by atoms with Crippen molar-refractivity contribution in [3.05, 3.63) is 0 Å². The molecule has 2 aliphatic heterocycles. The lowest BCUT2D eigenvalue weighted by molar-refractivity contribution is -0.0389. The van der Waals surface area contributed by atoms with Crippen LogP contribution in [-0.4, -0.2) is 49.3 Å². The second-order valence-corrected chi connectivity index (χ2v) is 6.58. The Morgan fingerprint density at radius 1 is 1.32 bits per heavy atom. The molecule has 0 radical (unpaired) electrons. The van der Waals surface area contributed by atoms with Crippen molar-refractivity contribution in [2.45, 2.75) is 71.1 Å². The maximum atomic E-state index is 5.84. The first-order chi connectivity index (χ1) is 9.20. The van der Waals surface area contributed by atoms with E-state index < -0.39 is 0 Å². The molecular weight excluding hydrogens is 236 g/mol. The van der Waals surface area contributed by atoms with Gasteiger partial charge in [0.1, 0.15) is 0 Å². The van der Waals surface area contributed by atoms with Gasteiger partial charge in [-0.1, -0.05) is 6.92 Å². The van der Waals surface area contributed by atoms with Gasteiger partial charge in [0, 0.05) is 25.2 Å². The molecule has 2 rings (SSSR count). The van der Waals surface area contributed by atoms with E-state index in [1.807, 2.05) is 0 Å². The van der Waals surface area contributed by atoms with Gasteiger partial charge in [0.2, 0.25) is 0 Å². The summed E-state index contributed by atoms with van der Waals surface area (Å²) in [6.45, 7) is 11.6. The standard InChI is InChI=1S/C16H32N2O/c1-4-16-10-15(7-9-19-16)18(13(2)3)12-14-6-5-8-17-11-14/h13-17H,4-12H2,1-3H3. The highest BCUT2D eigenvalue weighted by atomic mass is 16.5. The van der Waals surface area contributed by atoms with Crippen LogP contribution in [-0.2, 0) is 4.74 Å². The molecular formula is C16H32N2O. The minimum atomic E-state index is 0.490. The molecule has 3 heteroatoms. The zero-order valence-corrected chi connectivity index (χ0v) is 13.0. The molecule has 3 nitrogen and oxygen atoms in total. The predicted octanol–water partition coefficient (Wildman–Crippen LogP) is 2.65. The summed E-state index contributed by atoms with van der Waals surface area (Å²) in [6, 6.07) is 1.39. The fourth-order valence-corrected chi connectivity index (χ4v) is 3.61. The van der Waals surface area contributed by atoms with Crippen molar-refractivity contribution >= 4 is 0 Å². The summed E-state index contributed by atoms with van der Waals surface area (Å²) in [6.07, 6.45) is 6.85. The summed E-state index contributed by atoms with van der Waals surface area (Å²) in [5.41, 5.74) is 0. The molecule has 0 saturated carbocycles. The molecule has 0 aromatic carbocycles. The lowest BCUT2D eigenvalue weighted by Gasteiger charge is -2.42. The summed E-state index contributed by atoms with van der Waals surface area (Å²) >= 11 is 0. The smallest absolute Gasteiger partial charge is 0.0587 e. The Balaban J connectivity index is 1.90. The Kier molecular flexibility index (Phi) is 6.11. The van der Waals surface area contributed by atoms with Gasteiger partial charge in [0.15, 0.2) is 0 Å². The second kappa shape index (κ2) is 7.61. The molecule has 0 spiro atoms. The lowest BCUT2D eigenvalue weighted by Crippen LogP contribution is -2.49. The summed E-state index contributed by atoms with van der Waals surface area (Å²) < 4.78 is 5.84. The van der Waals surface area contributed by atoms with Gasteiger partial charge in [-0.2, -0.15) is 0 Å². The third kappa shape index (κ3) is 4.44. The van der Waals surface area contributed by atoms with Crippen LogP contribution in [0.5, 0.6) is 0 Å². The summed E-state index contributed by atoms with van der Waals surface area (Å²) in [5, 5.41) is 3.55. The SMILES string of the molecule is CCC1CC(N(CC2CCCNC2)C(C)C)CCO1. The van der Waals surface area contributed by atoms with Crippen molar-refractivity contribution in [1.29, 1.82) is 0 Å². The fourth-order valence-electron chi connectivity index (χ4n) is 3.61. The highest BCUT2D eigenvalue weighted by Gasteiger charge is 2.29. The first kappa shape index (κ1) is 15.3. The number of piperidine rings is 1. The number of nitrogens with zero attached hydrogens (tertiary/aromatic N) is 1. The molecule has 3 unspecified atom stereocenters. The van der Waals surface area contributed by atoms with Crippen LogP contribution in [0.4, 0.5) is 0 Å². The minimum Gasteiger partial charge on any atom is -0.378 e. The van der Waals surface area contributed by atoms with Gasteiger partial charge >= 0.3 is 0 Å². The quantitative estimate of drug-likeness (QED) is 0.829. The van der Waals surface area contributed by atoms with E-state index in [4.69, 9.17) is 4.74 Å². The van der Waals surface area contributed by atoms with Gasteiger partial charge < -0.3 is 10.1 Å². The van der Waals surface area contributed by atoms with Crippen LogP contribution in [0.1, 0.15) is 52.9 Å². The largest absolute Gasteiger partial charge is 0.378 e. The van der Waals surface area contributed by atoms with Crippen LogP contribution in [0, 0.1) is 5.92 Å². The van der Waals surface area contributed by atoms with E-state index in [1.165, 1.54) is 45.3 Å². The first-order valence-corrected chi connectivity index (χ1v) is 8.28. The van der Waals surface area contributed by atoms with Gasteiger partial charge in [0.05, 0.1) is 6.10 Å². The zero-order valence-electron chi connectivity index (χ0n) is 13.0. The Hall–Kier alpha value is -0.120.